The fourth-order valence-electron chi connectivity index (χ4n) is 2.44. The summed E-state index contributed by atoms with van der Waals surface area (Å²) in [7, 11) is 0. The average Bonchev–Trinajstić information content (AvgIpc) is 2.53. The van der Waals surface area contributed by atoms with Crippen molar-refractivity contribution in [2.24, 2.45) is 5.92 Å². The number of carbonyl (C=O) groups is 3. The van der Waals surface area contributed by atoms with Crippen LogP contribution < -0.4 is 4.74 Å². The molecule has 2 rings (SSSR count). The Kier molecular flexibility index (Phi) is 7.25. The maximum atomic E-state index is 12.7. The van der Waals surface area contributed by atoms with E-state index in [2.05, 4.69) is 38.4 Å². The first kappa shape index (κ1) is 19.4. The first-order valence-electron chi connectivity index (χ1n) is 7.36. The van der Waals surface area contributed by atoms with Gasteiger partial charge in [-0.3, -0.25) is 14.4 Å². The van der Waals surface area contributed by atoms with E-state index in [9.17, 15) is 14.4 Å². The van der Waals surface area contributed by atoms with E-state index in [4.69, 9.17) is 4.74 Å². The second-order valence-electron chi connectivity index (χ2n) is 5.24. The second-order valence-corrected chi connectivity index (χ2v) is 7.87. The van der Waals surface area contributed by atoms with E-state index >= 15 is 0 Å². The van der Waals surface area contributed by atoms with Gasteiger partial charge in [-0.15, -0.1) is 18.3 Å². The third-order valence-corrected chi connectivity index (χ3v) is 5.76. The van der Waals surface area contributed by atoms with Gasteiger partial charge < -0.3 is 4.74 Å². The summed E-state index contributed by atoms with van der Waals surface area (Å²) in [5.41, 5.74) is 0.288. The fraction of sp³-hybridized carbons (Fsp3) is 0.353. The number of benzene rings is 1. The van der Waals surface area contributed by atoms with Crippen molar-refractivity contribution >= 4 is 61.0 Å². The van der Waals surface area contributed by atoms with Crippen LogP contribution in [0.1, 0.15) is 29.6 Å². The summed E-state index contributed by atoms with van der Waals surface area (Å²) in [6.45, 7) is 3.64. The lowest BCUT2D eigenvalue weighted by molar-refractivity contribution is -0.133. The fourth-order valence-corrected chi connectivity index (χ4v) is 4.27. The molecule has 4 nitrogen and oxygen atoms in total. The number of thioether (sulfide) groups is 1. The molecule has 0 atom stereocenters. The number of Topliss-reactive ketones (excluding diaryl/α,β-unsaturated/α-hetero) is 3. The molecule has 1 saturated carbocycles. The zero-order valence-corrected chi connectivity index (χ0v) is 16.8. The number of ether oxygens (including phenoxy) is 1. The molecular weight excluding hydrogens is 460 g/mol. The minimum atomic E-state index is -1.18. The molecule has 0 unspecified atom stereocenters. The molecule has 0 N–H and O–H groups in total. The van der Waals surface area contributed by atoms with E-state index in [1.807, 2.05) is 0 Å². The number of rotatable bonds is 7. The lowest BCUT2D eigenvalue weighted by atomic mass is 9.81. The van der Waals surface area contributed by atoms with Crippen molar-refractivity contribution in [3.8, 4) is 5.75 Å². The van der Waals surface area contributed by atoms with Crippen LogP contribution in [0.5, 0.6) is 5.75 Å². The molecule has 128 valence electrons. The molecule has 0 radical (unpaired) electrons. The highest BCUT2D eigenvalue weighted by Crippen LogP contribution is 2.38. The van der Waals surface area contributed by atoms with Gasteiger partial charge in [0.25, 0.3) is 0 Å². The maximum Gasteiger partial charge on any atom is 0.182 e. The maximum absolute atomic E-state index is 12.7. The molecule has 0 saturated heterocycles. The van der Waals surface area contributed by atoms with Crippen LogP contribution in [0.2, 0.25) is 0 Å². The summed E-state index contributed by atoms with van der Waals surface area (Å²) in [4.78, 5) is 36.8. The molecule has 1 fully saturated rings. The predicted molar refractivity (Wildman–Crippen MR) is 102 cm³/mol. The van der Waals surface area contributed by atoms with Gasteiger partial charge in [0.15, 0.2) is 17.3 Å². The Labute approximate surface area is 161 Å². The van der Waals surface area contributed by atoms with Gasteiger partial charge in [0, 0.05) is 24.2 Å². The van der Waals surface area contributed by atoms with Crippen molar-refractivity contribution in [2.45, 2.75) is 19.3 Å². The topological polar surface area (TPSA) is 60.4 Å². The molecular formula is C17H16Br2O4S. The van der Waals surface area contributed by atoms with Crippen molar-refractivity contribution in [3.05, 3.63) is 39.3 Å². The van der Waals surface area contributed by atoms with E-state index in [-0.39, 0.29) is 30.0 Å². The molecule has 0 aliphatic heterocycles. The summed E-state index contributed by atoms with van der Waals surface area (Å²) in [5.74, 6) is -0.619. The van der Waals surface area contributed by atoms with Crippen LogP contribution in [0.4, 0.5) is 0 Å². The normalized spacial score (nSPS) is 15.4. The Bertz CT molecular complexity index is 671. The number of hydrogen-bond donors (Lipinski definition) is 0. The van der Waals surface area contributed by atoms with Gasteiger partial charge in [-0.25, -0.2) is 0 Å². The highest BCUT2D eigenvalue weighted by atomic mass is 79.9. The van der Waals surface area contributed by atoms with Crippen LogP contribution in [0.25, 0.3) is 0 Å². The molecule has 0 bridgehead atoms. The van der Waals surface area contributed by atoms with Crippen LogP contribution in [0, 0.1) is 5.92 Å². The van der Waals surface area contributed by atoms with Crippen molar-refractivity contribution in [1.29, 1.82) is 0 Å². The molecule has 7 heteroatoms. The standard InChI is InChI=1S/C17H16Br2O4S/c1-2-8-24-9-23-17-11(18)7-6-10(15(17)19)16(22)14-12(20)4-3-5-13(14)21/h2,6-7,14H,1,3-5,8-9H2. The van der Waals surface area contributed by atoms with Crippen molar-refractivity contribution < 1.29 is 19.1 Å². The first-order valence-corrected chi connectivity index (χ1v) is 10.1. The molecule has 0 spiro atoms. The summed E-state index contributed by atoms with van der Waals surface area (Å²) in [6, 6.07) is 3.28. The van der Waals surface area contributed by atoms with Gasteiger partial charge in [-0.1, -0.05) is 6.08 Å². The SMILES string of the molecule is C=CCSCOc1c(Br)ccc(C(=O)C2C(=O)CCCC2=O)c1Br. The number of hydrogen-bond acceptors (Lipinski definition) is 5. The van der Waals surface area contributed by atoms with Crippen LogP contribution in [0.3, 0.4) is 0 Å². The van der Waals surface area contributed by atoms with E-state index in [0.717, 1.165) is 5.75 Å². The molecule has 24 heavy (non-hydrogen) atoms. The van der Waals surface area contributed by atoms with Crippen LogP contribution in [0.15, 0.2) is 33.7 Å². The summed E-state index contributed by atoms with van der Waals surface area (Å²) in [5, 5.41) is 0. The van der Waals surface area contributed by atoms with Gasteiger partial charge in [-0.2, -0.15) is 0 Å². The van der Waals surface area contributed by atoms with Crippen LogP contribution in [-0.2, 0) is 9.59 Å². The van der Waals surface area contributed by atoms with E-state index in [0.29, 0.717) is 27.1 Å². The van der Waals surface area contributed by atoms with E-state index < -0.39 is 11.7 Å². The summed E-state index contributed by atoms with van der Waals surface area (Å²) >= 11 is 8.30. The quantitative estimate of drug-likeness (QED) is 0.190. The van der Waals surface area contributed by atoms with Crippen molar-refractivity contribution in [1.82, 2.24) is 0 Å². The molecule has 0 amide bonds. The van der Waals surface area contributed by atoms with Gasteiger partial charge >= 0.3 is 0 Å². The molecule has 1 aromatic rings. The largest absolute Gasteiger partial charge is 0.481 e. The van der Waals surface area contributed by atoms with Crippen molar-refractivity contribution in [2.75, 3.05) is 11.7 Å². The third-order valence-electron chi connectivity index (χ3n) is 3.59. The third kappa shape index (κ3) is 4.37. The Morgan fingerprint density at radius 1 is 1.29 bits per heavy atom. The minimum absolute atomic E-state index is 0.276. The summed E-state index contributed by atoms with van der Waals surface area (Å²) in [6.07, 6.45) is 2.85. The number of halogens is 2. The zero-order valence-electron chi connectivity index (χ0n) is 12.8. The second kappa shape index (κ2) is 8.97. The molecule has 1 aromatic carbocycles. The summed E-state index contributed by atoms with van der Waals surface area (Å²) < 4.78 is 6.84. The average molecular weight is 476 g/mol. The Morgan fingerprint density at radius 2 is 1.96 bits per heavy atom. The van der Waals surface area contributed by atoms with Gasteiger partial charge in [0.2, 0.25) is 0 Å². The minimum Gasteiger partial charge on any atom is -0.481 e. The zero-order chi connectivity index (χ0) is 17.7. The Balaban J connectivity index is 2.26. The predicted octanol–water partition coefficient (Wildman–Crippen LogP) is 4.59. The Morgan fingerprint density at radius 3 is 2.58 bits per heavy atom. The highest BCUT2D eigenvalue weighted by Gasteiger charge is 2.37. The highest BCUT2D eigenvalue weighted by molar-refractivity contribution is 9.11. The number of ketones is 3. The molecule has 1 aliphatic carbocycles. The number of carbonyl (C=O) groups excluding carboxylic acids is 3. The lowest BCUT2D eigenvalue weighted by Gasteiger charge is -2.20. The molecule has 0 heterocycles. The molecule has 1 aliphatic rings. The van der Waals surface area contributed by atoms with Gasteiger partial charge in [0.1, 0.15) is 17.6 Å². The lowest BCUT2D eigenvalue weighted by Crippen LogP contribution is -2.35. The van der Waals surface area contributed by atoms with Gasteiger partial charge in [-0.05, 0) is 50.4 Å². The van der Waals surface area contributed by atoms with Crippen LogP contribution >= 0.6 is 43.6 Å². The van der Waals surface area contributed by atoms with Crippen molar-refractivity contribution in [3.63, 3.8) is 0 Å². The van der Waals surface area contributed by atoms with Crippen LogP contribution in [-0.4, -0.2) is 29.0 Å². The molecule has 0 aromatic heterocycles. The first-order chi connectivity index (χ1) is 11.5. The monoisotopic (exact) mass is 474 g/mol. The smallest absolute Gasteiger partial charge is 0.182 e. The van der Waals surface area contributed by atoms with E-state index in [1.165, 1.54) is 11.8 Å². The Hall–Kier alpha value is -0.920. The van der Waals surface area contributed by atoms with Gasteiger partial charge in [0.05, 0.1) is 8.95 Å². The van der Waals surface area contributed by atoms with E-state index in [1.54, 1.807) is 18.2 Å².